The second kappa shape index (κ2) is 5.85. The molecule has 2 aromatic heterocycles. The zero-order valence-corrected chi connectivity index (χ0v) is 13.4. The van der Waals surface area contributed by atoms with E-state index in [1.165, 1.54) is 15.3 Å². The molecule has 0 aliphatic rings. The molecule has 0 saturated carbocycles. The highest BCUT2D eigenvalue weighted by molar-refractivity contribution is 9.10. The molecule has 0 bridgehead atoms. The first kappa shape index (κ1) is 14.2. The lowest BCUT2D eigenvalue weighted by Crippen LogP contribution is -2.13. The maximum absolute atomic E-state index is 5.32. The van der Waals surface area contributed by atoms with E-state index in [9.17, 15) is 0 Å². The number of nitrogens with zero attached hydrogens (tertiary/aromatic N) is 2. The summed E-state index contributed by atoms with van der Waals surface area (Å²) in [5.74, 6) is 6.43. The summed E-state index contributed by atoms with van der Waals surface area (Å²) < 4.78 is 0.808. The van der Waals surface area contributed by atoms with E-state index in [2.05, 4.69) is 63.5 Å². The predicted molar refractivity (Wildman–Crippen MR) is 83.4 cm³/mol. The topological polar surface area (TPSA) is 75.9 Å². The molecule has 2 heterocycles. The number of aryl methyl sites for hydroxylation is 2. The number of hydrogen-bond acceptors (Lipinski definition) is 6. The first-order valence-corrected chi connectivity index (χ1v) is 7.45. The van der Waals surface area contributed by atoms with E-state index in [0.29, 0.717) is 5.95 Å². The molecule has 0 aliphatic carbocycles. The van der Waals surface area contributed by atoms with Gasteiger partial charge in [-0.2, -0.15) is 4.98 Å². The number of aromatic nitrogens is 2. The van der Waals surface area contributed by atoms with Crippen LogP contribution in [0.3, 0.4) is 0 Å². The van der Waals surface area contributed by atoms with Crippen LogP contribution in [0.1, 0.15) is 28.3 Å². The minimum atomic E-state index is 0.168. The van der Waals surface area contributed by atoms with Crippen molar-refractivity contribution in [3.63, 3.8) is 0 Å². The number of nitrogens with two attached hydrogens (primary N) is 1. The molecule has 0 aliphatic heterocycles. The molecule has 0 saturated heterocycles. The molecule has 0 spiro atoms. The van der Waals surface area contributed by atoms with E-state index in [-0.39, 0.29) is 6.04 Å². The van der Waals surface area contributed by atoms with Crippen LogP contribution in [-0.2, 0) is 0 Å². The van der Waals surface area contributed by atoms with Gasteiger partial charge in [0.05, 0.1) is 10.5 Å². The summed E-state index contributed by atoms with van der Waals surface area (Å²) in [7, 11) is 0. The largest absolute Gasteiger partial charge is 0.362 e. The Balaban J connectivity index is 2.23. The van der Waals surface area contributed by atoms with Gasteiger partial charge in [-0.25, -0.2) is 10.8 Å². The molecule has 19 heavy (non-hydrogen) atoms. The molecule has 0 amide bonds. The number of rotatable bonds is 4. The van der Waals surface area contributed by atoms with Gasteiger partial charge in [0.25, 0.3) is 0 Å². The molecule has 4 N–H and O–H groups in total. The van der Waals surface area contributed by atoms with Crippen molar-refractivity contribution in [1.29, 1.82) is 0 Å². The Labute approximate surface area is 124 Å². The number of thiophene rings is 1. The van der Waals surface area contributed by atoms with E-state index in [1.54, 1.807) is 17.5 Å². The summed E-state index contributed by atoms with van der Waals surface area (Å²) >= 11 is 5.23. The monoisotopic (exact) mass is 341 g/mol. The van der Waals surface area contributed by atoms with Gasteiger partial charge in [-0.15, -0.1) is 11.3 Å². The van der Waals surface area contributed by atoms with Gasteiger partial charge in [0, 0.05) is 16.0 Å². The van der Waals surface area contributed by atoms with Crippen LogP contribution in [0, 0.1) is 13.8 Å². The summed E-state index contributed by atoms with van der Waals surface area (Å²) in [4.78, 5) is 10.9. The molecule has 2 rings (SSSR count). The van der Waals surface area contributed by atoms with Gasteiger partial charge in [-0.05, 0) is 48.3 Å². The SMILES string of the molecule is Cc1cc(C(C)Nc2nc(NN)ncc2Br)c(C)s1. The molecule has 102 valence electrons. The normalized spacial score (nSPS) is 12.3. The second-order valence-electron chi connectivity index (χ2n) is 4.27. The fraction of sp³-hybridized carbons (Fsp3) is 0.333. The fourth-order valence-corrected chi connectivity index (χ4v) is 3.23. The van der Waals surface area contributed by atoms with Crippen molar-refractivity contribution in [3.8, 4) is 0 Å². The number of hydrazine groups is 1. The third kappa shape index (κ3) is 3.23. The Bertz CT molecular complexity index is 583. The van der Waals surface area contributed by atoms with Gasteiger partial charge < -0.3 is 5.32 Å². The molecule has 0 aromatic carbocycles. The lowest BCUT2D eigenvalue weighted by molar-refractivity contribution is 0.867. The van der Waals surface area contributed by atoms with E-state index in [4.69, 9.17) is 5.84 Å². The van der Waals surface area contributed by atoms with Gasteiger partial charge >= 0.3 is 0 Å². The number of anilines is 2. The summed E-state index contributed by atoms with van der Waals surface area (Å²) in [6.07, 6.45) is 1.67. The summed E-state index contributed by atoms with van der Waals surface area (Å²) in [5.41, 5.74) is 3.73. The van der Waals surface area contributed by atoms with Crippen LogP contribution in [0.15, 0.2) is 16.7 Å². The van der Waals surface area contributed by atoms with Crippen LogP contribution in [0.4, 0.5) is 11.8 Å². The van der Waals surface area contributed by atoms with Crippen LogP contribution in [-0.4, -0.2) is 9.97 Å². The third-order valence-electron chi connectivity index (χ3n) is 2.77. The Hall–Kier alpha value is -1.18. The van der Waals surface area contributed by atoms with E-state index >= 15 is 0 Å². The lowest BCUT2D eigenvalue weighted by atomic mass is 10.1. The van der Waals surface area contributed by atoms with Crippen molar-refractivity contribution < 1.29 is 0 Å². The first-order valence-electron chi connectivity index (χ1n) is 5.84. The molecule has 1 atom stereocenters. The predicted octanol–water partition coefficient (Wildman–Crippen LogP) is 3.38. The molecule has 5 nitrogen and oxygen atoms in total. The number of halogens is 1. The van der Waals surface area contributed by atoms with Crippen LogP contribution in [0.5, 0.6) is 0 Å². The Morgan fingerprint density at radius 1 is 1.42 bits per heavy atom. The third-order valence-corrected chi connectivity index (χ3v) is 4.33. The van der Waals surface area contributed by atoms with Crippen molar-refractivity contribution in [3.05, 3.63) is 32.1 Å². The molecular weight excluding hydrogens is 326 g/mol. The molecule has 0 fully saturated rings. The van der Waals surface area contributed by atoms with Crippen LogP contribution < -0.4 is 16.6 Å². The Morgan fingerprint density at radius 3 is 2.74 bits per heavy atom. The minimum absolute atomic E-state index is 0.168. The first-order chi connectivity index (χ1) is 9.01. The van der Waals surface area contributed by atoms with Crippen molar-refractivity contribution in [2.24, 2.45) is 5.84 Å². The van der Waals surface area contributed by atoms with E-state index in [0.717, 1.165) is 10.3 Å². The highest BCUT2D eigenvalue weighted by atomic mass is 79.9. The van der Waals surface area contributed by atoms with Crippen molar-refractivity contribution in [2.45, 2.75) is 26.8 Å². The molecule has 7 heteroatoms. The summed E-state index contributed by atoms with van der Waals surface area (Å²) in [6.45, 7) is 6.36. The Kier molecular flexibility index (Phi) is 4.38. The van der Waals surface area contributed by atoms with E-state index in [1.807, 2.05) is 0 Å². The zero-order chi connectivity index (χ0) is 14.0. The van der Waals surface area contributed by atoms with Crippen molar-refractivity contribution in [2.75, 3.05) is 10.7 Å². The molecule has 0 radical (unpaired) electrons. The standard InChI is InChI=1S/C12H16BrN5S/c1-6-4-9(8(3)19-6)7(2)16-11-10(13)5-15-12(17-11)18-14/h4-5,7H,14H2,1-3H3,(H2,15,16,17,18). The number of nitrogen functional groups attached to an aromatic ring is 1. The maximum atomic E-state index is 5.32. The van der Waals surface area contributed by atoms with Crippen molar-refractivity contribution in [1.82, 2.24) is 9.97 Å². The fourth-order valence-electron chi connectivity index (χ4n) is 1.90. The van der Waals surface area contributed by atoms with Gasteiger partial charge in [-0.3, -0.25) is 5.43 Å². The van der Waals surface area contributed by atoms with Gasteiger partial charge in [0.15, 0.2) is 0 Å². The average molecular weight is 342 g/mol. The number of hydrogen-bond donors (Lipinski definition) is 3. The second-order valence-corrected chi connectivity index (χ2v) is 6.58. The average Bonchev–Trinajstić information content (AvgIpc) is 2.71. The quantitative estimate of drug-likeness (QED) is 0.587. The van der Waals surface area contributed by atoms with Crippen LogP contribution >= 0.6 is 27.3 Å². The Morgan fingerprint density at radius 2 is 2.16 bits per heavy atom. The molecule has 2 aromatic rings. The molecular formula is C12H16BrN5S. The highest BCUT2D eigenvalue weighted by Gasteiger charge is 2.13. The van der Waals surface area contributed by atoms with Crippen molar-refractivity contribution >= 4 is 39.0 Å². The minimum Gasteiger partial charge on any atom is -0.362 e. The summed E-state index contributed by atoms with van der Waals surface area (Å²) in [6, 6.07) is 2.37. The highest BCUT2D eigenvalue weighted by Crippen LogP contribution is 2.30. The molecule has 1 unspecified atom stereocenters. The number of nitrogens with one attached hydrogen (secondary N) is 2. The zero-order valence-electron chi connectivity index (χ0n) is 11.0. The van der Waals surface area contributed by atoms with Crippen LogP contribution in [0.25, 0.3) is 0 Å². The summed E-state index contributed by atoms with van der Waals surface area (Å²) in [5, 5.41) is 3.37. The maximum Gasteiger partial charge on any atom is 0.239 e. The lowest BCUT2D eigenvalue weighted by Gasteiger charge is -2.16. The van der Waals surface area contributed by atoms with Gasteiger partial charge in [0.2, 0.25) is 5.95 Å². The van der Waals surface area contributed by atoms with Gasteiger partial charge in [-0.1, -0.05) is 0 Å². The smallest absolute Gasteiger partial charge is 0.239 e. The van der Waals surface area contributed by atoms with Crippen LogP contribution in [0.2, 0.25) is 0 Å². The van der Waals surface area contributed by atoms with Gasteiger partial charge in [0.1, 0.15) is 5.82 Å². The van der Waals surface area contributed by atoms with E-state index < -0.39 is 0 Å².